The third kappa shape index (κ3) is 4.15. The zero-order valence-electron chi connectivity index (χ0n) is 7.70. The molecule has 2 N–H and O–H groups in total. The Labute approximate surface area is 76.5 Å². The van der Waals surface area contributed by atoms with Crippen molar-refractivity contribution in [3.05, 3.63) is 12.7 Å². The molecule has 1 atom stereocenters. The average molecular weight is 187 g/mol. The summed E-state index contributed by atoms with van der Waals surface area (Å²) in [4.78, 5) is 21.2. The van der Waals surface area contributed by atoms with E-state index in [-0.39, 0.29) is 0 Å². The minimum Gasteiger partial charge on any atom is -0.420 e. The molecule has 0 bridgehead atoms. The Morgan fingerprint density at radius 3 is 2.38 bits per heavy atom. The monoisotopic (exact) mass is 187 g/mol. The largest absolute Gasteiger partial charge is 0.420 e. The van der Waals surface area contributed by atoms with Gasteiger partial charge in [0.1, 0.15) is 0 Å². The lowest BCUT2D eigenvalue weighted by Gasteiger charge is -2.26. The Kier molecular flexibility index (Phi) is 3.97. The van der Waals surface area contributed by atoms with E-state index in [1.807, 2.05) is 0 Å². The summed E-state index contributed by atoms with van der Waals surface area (Å²) in [6, 6.07) is 0. The van der Waals surface area contributed by atoms with E-state index in [1.54, 1.807) is 6.92 Å². The topological polar surface area (TPSA) is 78.6 Å². The van der Waals surface area contributed by atoms with E-state index in [0.29, 0.717) is 6.42 Å². The van der Waals surface area contributed by atoms with Crippen molar-refractivity contribution in [2.24, 2.45) is 5.73 Å². The summed E-state index contributed by atoms with van der Waals surface area (Å²) in [5, 5.41) is 0. The van der Waals surface area contributed by atoms with Gasteiger partial charge in [-0.05, 0) is 0 Å². The number of rotatable bonds is 4. The highest BCUT2D eigenvalue weighted by molar-refractivity contribution is 5.81. The van der Waals surface area contributed by atoms with Crippen LogP contribution in [0.1, 0.15) is 20.3 Å². The van der Waals surface area contributed by atoms with E-state index < -0.39 is 17.8 Å². The smallest absolute Gasteiger partial charge is 0.407 e. The van der Waals surface area contributed by atoms with E-state index in [9.17, 15) is 9.59 Å². The molecular weight excluding hydrogens is 174 g/mol. The van der Waals surface area contributed by atoms with Gasteiger partial charge in [0.05, 0.1) is 0 Å². The predicted octanol–water partition coefficient (Wildman–Crippen LogP) is 0.937. The highest BCUT2D eigenvalue weighted by Gasteiger charge is 2.29. The zero-order valence-corrected chi connectivity index (χ0v) is 7.70. The number of primary amides is 1. The Balaban J connectivity index is 4.35. The molecule has 0 heterocycles. The number of nitrogens with two attached hydrogens (primary N) is 1. The van der Waals surface area contributed by atoms with Gasteiger partial charge in [-0.15, -0.1) is 0 Å². The van der Waals surface area contributed by atoms with Crippen molar-refractivity contribution in [2.45, 2.75) is 26.1 Å². The lowest BCUT2D eigenvalue weighted by atomic mass is 10.2. The van der Waals surface area contributed by atoms with Gasteiger partial charge >= 0.3 is 12.1 Å². The second-order valence-electron chi connectivity index (χ2n) is 2.53. The highest BCUT2D eigenvalue weighted by atomic mass is 16.7. The van der Waals surface area contributed by atoms with E-state index >= 15 is 0 Å². The van der Waals surface area contributed by atoms with E-state index in [1.165, 1.54) is 6.92 Å². The van der Waals surface area contributed by atoms with Crippen molar-refractivity contribution >= 4 is 12.1 Å². The normalized spacial score (nSPS) is 14.0. The number of ether oxygens (including phenoxy) is 2. The van der Waals surface area contributed by atoms with Gasteiger partial charge in [-0.25, -0.2) is 9.59 Å². The van der Waals surface area contributed by atoms with Gasteiger partial charge in [0, 0.05) is 19.4 Å². The maximum absolute atomic E-state index is 10.8. The molecule has 0 spiro atoms. The quantitative estimate of drug-likeness (QED) is 0.403. The van der Waals surface area contributed by atoms with Crippen molar-refractivity contribution < 1.29 is 19.1 Å². The fraction of sp³-hybridized carbons (Fsp3) is 0.500. The molecule has 0 aliphatic rings. The standard InChI is InChI=1S/C8H13NO4/c1-4-6(10)12-8(3,5-2)13-7(9)11/h4H,1,5H2,2-3H3,(H2,9,11). The van der Waals surface area contributed by atoms with E-state index in [0.717, 1.165) is 6.08 Å². The van der Waals surface area contributed by atoms with Crippen LogP contribution in [-0.2, 0) is 14.3 Å². The Bertz CT molecular complexity index is 226. The molecule has 5 nitrogen and oxygen atoms in total. The van der Waals surface area contributed by atoms with Crippen LogP contribution in [0, 0.1) is 0 Å². The third-order valence-electron chi connectivity index (χ3n) is 1.44. The van der Waals surface area contributed by atoms with Gasteiger partial charge in [0.2, 0.25) is 0 Å². The van der Waals surface area contributed by atoms with Crippen LogP contribution in [0.4, 0.5) is 4.79 Å². The fourth-order valence-electron chi connectivity index (χ4n) is 0.632. The minimum absolute atomic E-state index is 0.315. The summed E-state index contributed by atoms with van der Waals surface area (Å²) in [5.74, 6) is -1.97. The highest BCUT2D eigenvalue weighted by Crippen LogP contribution is 2.17. The molecule has 0 radical (unpaired) electrons. The van der Waals surface area contributed by atoms with Crippen LogP contribution >= 0.6 is 0 Å². The Morgan fingerprint density at radius 1 is 1.54 bits per heavy atom. The summed E-state index contributed by atoms with van der Waals surface area (Å²) >= 11 is 0. The molecule has 1 amide bonds. The molecule has 1 unspecified atom stereocenters. The van der Waals surface area contributed by atoms with Crippen molar-refractivity contribution in [1.29, 1.82) is 0 Å². The number of amides is 1. The van der Waals surface area contributed by atoms with Gasteiger partial charge in [-0.3, -0.25) is 0 Å². The molecule has 13 heavy (non-hydrogen) atoms. The van der Waals surface area contributed by atoms with Gasteiger partial charge in [0.25, 0.3) is 5.79 Å². The zero-order chi connectivity index (χ0) is 10.5. The van der Waals surface area contributed by atoms with Crippen LogP contribution in [0.3, 0.4) is 0 Å². The number of esters is 1. The van der Waals surface area contributed by atoms with Crippen LogP contribution in [-0.4, -0.2) is 17.8 Å². The van der Waals surface area contributed by atoms with E-state index in [4.69, 9.17) is 10.5 Å². The molecule has 0 saturated carbocycles. The molecule has 0 rings (SSSR count). The molecule has 0 aromatic carbocycles. The second-order valence-corrected chi connectivity index (χ2v) is 2.53. The second kappa shape index (κ2) is 4.49. The first-order valence-electron chi connectivity index (χ1n) is 3.77. The molecule has 0 aliphatic heterocycles. The Hall–Kier alpha value is -1.52. The lowest BCUT2D eigenvalue weighted by molar-refractivity contribution is -0.196. The SMILES string of the molecule is C=CC(=O)OC(C)(CC)OC(N)=O. The van der Waals surface area contributed by atoms with Crippen molar-refractivity contribution in [1.82, 2.24) is 0 Å². The van der Waals surface area contributed by atoms with Crippen LogP contribution in [0.25, 0.3) is 0 Å². The van der Waals surface area contributed by atoms with Crippen LogP contribution in [0.5, 0.6) is 0 Å². The maximum Gasteiger partial charge on any atom is 0.407 e. The van der Waals surface area contributed by atoms with Crippen molar-refractivity contribution in [3.63, 3.8) is 0 Å². The molecule has 74 valence electrons. The van der Waals surface area contributed by atoms with Crippen LogP contribution in [0.15, 0.2) is 12.7 Å². The number of carbonyl (C=O) groups is 2. The Morgan fingerprint density at radius 2 is 2.08 bits per heavy atom. The summed E-state index contributed by atoms with van der Waals surface area (Å²) in [6.45, 7) is 6.35. The van der Waals surface area contributed by atoms with Gasteiger partial charge in [0.15, 0.2) is 0 Å². The molecule has 5 heteroatoms. The lowest BCUT2D eigenvalue weighted by Crippen LogP contribution is -2.37. The van der Waals surface area contributed by atoms with Crippen LogP contribution in [0.2, 0.25) is 0 Å². The van der Waals surface area contributed by atoms with Gasteiger partial charge < -0.3 is 15.2 Å². The summed E-state index contributed by atoms with van der Waals surface area (Å²) < 4.78 is 9.37. The van der Waals surface area contributed by atoms with Crippen molar-refractivity contribution in [2.75, 3.05) is 0 Å². The third-order valence-corrected chi connectivity index (χ3v) is 1.44. The molecular formula is C8H13NO4. The maximum atomic E-state index is 10.8. The van der Waals surface area contributed by atoms with Crippen LogP contribution < -0.4 is 5.73 Å². The summed E-state index contributed by atoms with van der Waals surface area (Å²) in [5.41, 5.74) is 4.79. The molecule has 0 aromatic rings. The van der Waals surface area contributed by atoms with Gasteiger partial charge in [-0.1, -0.05) is 13.5 Å². The average Bonchev–Trinajstić information content (AvgIpc) is 2.02. The molecule has 0 aliphatic carbocycles. The molecule has 0 saturated heterocycles. The fourth-order valence-corrected chi connectivity index (χ4v) is 0.632. The van der Waals surface area contributed by atoms with E-state index in [2.05, 4.69) is 11.3 Å². The minimum atomic E-state index is -1.31. The molecule has 0 fully saturated rings. The van der Waals surface area contributed by atoms with Gasteiger partial charge in [-0.2, -0.15) is 0 Å². The first-order valence-corrected chi connectivity index (χ1v) is 3.77. The first kappa shape index (κ1) is 11.5. The number of hydrogen-bond acceptors (Lipinski definition) is 4. The van der Waals surface area contributed by atoms with Crippen molar-refractivity contribution in [3.8, 4) is 0 Å². The first-order chi connectivity index (χ1) is 5.93. The number of carbonyl (C=O) groups excluding carboxylic acids is 2. The molecule has 0 aromatic heterocycles. The number of hydrogen-bond donors (Lipinski definition) is 1. The predicted molar refractivity (Wildman–Crippen MR) is 45.7 cm³/mol. The summed E-state index contributed by atoms with van der Waals surface area (Å²) in [6.07, 6.45) is 0.314. The summed E-state index contributed by atoms with van der Waals surface area (Å²) in [7, 11) is 0.